The van der Waals surface area contributed by atoms with Crippen molar-refractivity contribution in [2.24, 2.45) is 0 Å². The summed E-state index contributed by atoms with van der Waals surface area (Å²) in [5.41, 5.74) is 1.30. The van der Waals surface area contributed by atoms with Crippen molar-refractivity contribution in [2.75, 3.05) is 13.7 Å². The Balaban J connectivity index is 2.44. The first-order valence-electron chi connectivity index (χ1n) is 6.69. The third kappa shape index (κ3) is 5.07. The van der Waals surface area contributed by atoms with Crippen LogP contribution >= 0.6 is 0 Å². The van der Waals surface area contributed by atoms with E-state index in [2.05, 4.69) is 31.3 Å². The van der Waals surface area contributed by atoms with Gasteiger partial charge < -0.3 is 15.2 Å². The van der Waals surface area contributed by atoms with Crippen molar-refractivity contribution in [3.05, 3.63) is 29.8 Å². The lowest BCUT2D eigenvalue weighted by molar-refractivity contribution is 0.256. The smallest absolute Gasteiger partial charge is 0.118 e. The van der Waals surface area contributed by atoms with Gasteiger partial charge in [-0.05, 0) is 43.9 Å². The number of hydrogen-bond donors (Lipinski definition) is 2. The molecule has 1 rings (SSSR count). The van der Waals surface area contributed by atoms with Gasteiger partial charge in [0.25, 0.3) is 0 Å². The molecule has 3 nitrogen and oxygen atoms in total. The van der Waals surface area contributed by atoms with Gasteiger partial charge in [0.2, 0.25) is 0 Å². The SMILES string of the molecule is CCC(CCO)NC(C)Cc1ccc(OC)cc1. The topological polar surface area (TPSA) is 41.5 Å². The van der Waals surface area contributed by atoms with Crippen molar-refractivity contribution in [3.8, 4) is 5.75 Å². The third-order valence-electron chi connectivity index (χ3n) is 3.19. The average Bonchev–Trinajstić information content (AvgIpc) is 2.39. The van der Waals surface area contributed by atoms with Gasteiger partial charge in [0.05, 0.1) is 7.11 Å². The molecule has 0 aromatic heterocycles. The number of ether oxygens (including phenoxy) is 1. The number of benzene rings is 1. The summed E-state index contributed by atoms with van der Waals surface area (Å²) in [5.74, 6) is 0.895. The summed E-state index contributed by atoms with van der Waals surface area (Å²) in [6, 6.07) is 9.01. The van der Waals surface area contributed by atoms with Crippen molar-refractivity contribution in [2.45, 2.75) is 45.2 Å². The standard InChI is InChI=1S/C15H25NO2/c1-4-14(9-10-17)16-12(2)11-13-5-7-15(18-3)8-6-13/h5-8,12,14,16-17H,4,9-11H2,1-3H3. The van der Waals surface area contributed by atoms with Crippen LogP contribution in [0.5, 0.6) is 5.75 Å². The number of nitrogens with one attached hydrogen (secondary N) is 1. The van der Waals surface area contributed by atoms with E-state index in [1.807, 2.05) is 12.1 Å². The Morgan fingerprint density at radius 3 is 2.44 bits per heavy atom. The molecule has 0 heterocycles. The fourth-order valence-electron chi connectivity index (χ4n) is 2.14. The third-order valence-corrected chi connectivity index (χ3v) is 3.19. The van der Waals surface area contributed by atoms with Gasteiger partial charge in [-0.1, -0.05) is 19.1 Å². The maximum Gasteiger partial charge on any atom is 0.118 e. The molecule has 1 aromatic rings. The zero-order valence-corrected chi connectivity index (χ0v) is 11.6. The molecule has 0 fully saturated rings. The summed E-state index contributed by atoms with van der Waals surface area (Å²) in [7, 11) is 1.68. The lowest BCUT2D eigenvalue weighted by atomic mass is 10.0. The predicted octanol–water partition coefficient (Wildman–Crippen LogP) is 2.38. The molecular weight excluding hydrogens is 226 g/mol. The van der Waals surface area contributed by atoms with Crippen LogP contribution in [0.25, 0.3) is 0 Å². The Hall–Kier alpha value is -1.06. The van der Waals surface area contributed by atoms with Crippen LogP contribution in [-0.4, -0.2) is 30.9 Å². The maximum atomic E-state index is 8.97. The monoisotopic (exact) mass is 251 g/mol. The molecule has 2 unspecified atom stereocenters. The number of rotatable bonds is 8. The van der Waals surface area contributed by atoms with Crippen LogP contribution in [0.2, 0.25) is 0 Å². The summed E-state index contributed by atoms with van der Waals surface area (Å²) < 4.78 is 5.14. The fraction of sp³-hybridized carbons (Fsp3) is 0.600. The zero-order valence-electron chi connectivity index (χ0n) is 11.6. The van der Waals surface area contributed by atoms with Gasteiger partial charge in [-0.2, -0.15) is 0 Å². The van der Waals surface area contributed by atoms with Gasteiger partial charge in [0.15, 0.2) is 0 Å². The first-order chi connectivity index (χ1) is 8.69. The quantitative estimate of drug-likeness (QED) is 0.745. The first kappa shape index (κ1) is 15.0. The molecule has 1 aromatic carbocycles. The van der Waals surface area contributed by atoms with Gasteiger partial charge in [0.1, 0.15) is 5.75 Å². The van der Waals surface area contributed by atoms with E-state index in [-0.39, 0.29) is 6.61 Å². The Labute approximate surface area is 110 Å². The van der Waals surface area contributed by atoms with Gasteiger partial charge in [-0.15, -0.1) is 0 Å². The first-order valence-corrected chi connectivity index (χ1v) is 6.69. The molecule has 0 aliphatic rings. The largest absolute Gasteiger partial charge is 0.497 e. The second-order valence-corrected chi connectivity index (χ2v) is 4.74. The second-order valence-electron chi connectivity index (χ2n) is 4.74. The molecule has 0 amide bonds. The van der Waals surface area contributed by atoms with Crippen LogP contribution in [0.1, 0.15) is 32.3 Å². The van der Waals surface area contributed by atoms with E-state index in [4.69, 9.17) is 9.84 Å². The minimum Gasteiger partial charge on any atom is -0.497 e. The van der Waals surface area contributed by atoms with Crippen LogP contribution < -0.4 is 10.1 Å². The molecule has 0 saturated heterocycles. The Morgan fingerprint density at radius 2 is 1.94 bits per heavy atom. The predicted molar refractivity (Wildman–Crippen MR) is 75.1 cm³/mol. The minimum atomic E-state index is 0.251. The van der Waals surface area contributed by atoms with Crippen molar-refractivity contribution in [1.82, 2.24) is 5.32 Å². The molecule has 0 aliphatic heterocycles. The van der Waals surface area contributed by atoms with Crippen molar-refractivity contribution in [3.63, 3.8) is 0 Å². The Kier molecular flexibility index (Phi) is 6.76. The minimum absolute atomic E-state index is 0.251. The lowest BCUT2D eigenvalue weighted by Gasteiger charge is -2.21. The molecule has 0 spiro atoms. The average molecular weight is 251 g/mol. The van der Waals surface area contributed by atoms with Gasteiger partial charge >= 0.3 is 0 Å². The highest BCUT2D eigenvalue weighted by Gasteiger charge is 2.10. The lowest BCUT2D eigenvalue weighted by Crippen LogP contribution is -2.38. The van der Waals surface area contributed by atoms with E-state index in [0.29, 0.717) is 12.1 Å². The van der Waals surface area contributed by atoms with E-state index in [1.54, 1.807) is 7.11 Å². The van der Waals surface area contributed by atoms with Crippen molar-refractivity contribution < 1.29 is 9.84 Å². The number of methoxy groups -OCH3 is 1. The van der Waals surface area contributed by atoms with E-state index >= 15 is 0 Å². The summed E-state index contributed by atoms with van der Waals surface area (Å²) in [4.78, 5) is 0. The number of aliphatic hydroxyl groups excluding tert-OH is 1. The number of aliphatic hydroxyl groups is 1. The zero-order chi connectivity index (χ0) is 13.4. The van der Waals surface area contributed by atoms with Crippen LogP contribution in [-0.2, 0) is 6.42 Å². The van der Waals surface area contributed by atoms with Crippen molar-refractivity contribution >= 4 is 0 Å². The van der Waals surface area contributed by atoms with Crippen LogP contribution in [0.15, 0.2) is 24.3 Å². The van der Waals surface area contributed by atoms with Gasteiger partial charge in [-0.25, -0.2) is 0 Å². The highest BCUT2D eigenvalue weighted by Crippen LogP contribution is 2.13. The molecule has 0 bridgehead atoms. The van der Waals surface area contributed by atoms with E-state index in [0.717, 1.165) is 25.0 Å². The van der Waals surface area contributed by atoms with Crippen LogP contribution in [0, 0.1) is 0 Å². The summed E-state index contributed by atoms with van der Waals surface area (Å²) in [6.45, 7) is 4.58. The normalized spacial score (nSPS) is 14.2. The molecule has 102 valence electrons. The number of hydrogen-bond acceptors (Lipinski definition) is 3. The summed E-state index contributed by atoms with van der Waals surface area (Å²) in [5, 5.41) is 12.5. The molecule has 0 aliphatic carbocycles. The molecule has 0 radical (unpaired) electrons. The van der Waals surface area contributed by atoms with Crippen LogP contribution in [0.4, 0.5) is 0 Å². The molecule has 2 atom stereocenters. The summed E-state index contributed by atoms with van der Waals surface area (Å²) in [6.07, 6.45) is 2.86. The van der Waals surface area contributed by atoms with Gasteiger partial charge in [-0.3, -0.25) is 0 Å². The van der Waals surface area contributed by atoms with Crippen LogP contribution in [0.3, 0.4) is 0 Å². The summed E-state index contributed by atoms with van der Waals surface area (Å²) >= 11 is 0. The van der Waals surface area contributed by atoms with E-state index < -0.39 is 0 Å². The molecular formula is C15H25NO2. The highest BCUT2D eigenvalue weighted by molar-refractivity contribution is 5.27. The van der Waals surface area contributed by atoms with E-state index in [1.165, 1.54) is 5.56 Å². The maximum absolute atomic E-state index is 8.97. The van der Waals surface area contributed by atoms with E-state index in [9.17, 15) is 0 Å². The second kappa shape index (κ2) is 8.11. The fourth-order valence-corrected chi connectivity index (χ4v) is 2.14. The molecule has 18 heavy (non-hydrogen) atoms. The van der Waals surface area contributed by atoms with Gasteiger partial charge in [0, 0.05) is 18.7 Å². The highest BCUT2D eigenvalue weighted by atomic mass is 16.5. The Bertz CT molecular complexity index is 324. The van der Waals surface area contributed by atoms with Crippen molar-refractivity contribution in [1.29, 1.82) is 0 Å². The molecule has 2 N–H and O–H groups in total. The molecule has 0 saturated carbocycles. The molecule has 3 heteroatoms. The Morgan fingerprint density at radius 1 is 1.28 bits per heavy atom.